The lowest BCUT2D eigenvalue weighted by Gasteiger charge is -2.12. The number of carbonyl (C=O) groups is 1. The van der Waals surface area contributed by atoms with Gasteiger partial charge in [-0.2, -0.15) is 0 Å². The molecule has 0 saturated carbocycles. The van der Waals surface area contributed by atoms with Gasteiger partial charge >= 0.3 is 5.97 Å². The monoisotopic (exact) mass is 284 g/mol. The van der Waals surface area contributed by atoms with Crippen molar-refractivity contribution in [2.24, 2.45) is 5.92 Å². The largest absolute Gasteiger partial charge is 0.489 e. The molecule has 0 radical (unpaired) electrons. The molecule has 0 aromatic heterocycles. The second-order valence-electron chi connectivity index (χ2n) is 5.32. The fourth-order valence-electron chi connectivity index (χ4n) is 2.18. The molecule has 0 spiro atoms. The first-order chi connectivity index (χ1) is 10.1. The van der Waals surface area contributed by atoms with Crippen LogP contribution in [0.1, 0.15) is 23.6 Å². The van der Waals surface area contributed by atoms with E-state index >= 15 is 0 Å². The van der Waals surface area contributed by atoms with Crippen molar-refractivity contribution in [1.29, 1.82) is 0 Å². The molecule has 0 amide bonds. The van der Waals surface area contributed by atoms with Gasteiger partial charge in [0.25, 0.3) is 0 Å². The summed E-state index contributed by atoms with van der Waals surface area (Å²) in [5.41, 5.74) is 3.18. The normalized spacial score (nSPS) is 11.9. The third-order valence-corrected chi connectivity index (χ3v) is 3.44. The third-order valence-electron chi connectivity index (χ3n) is 3.44. The van der Waals surface area contributed by atoms with E-state index in [-0.39, 0.29) is 5.92 Å². The minimum Gasteiger partial charge on any atom is -0.489 e. The topological polar surface area (TPSA) is 46.5 Å². The van der Waals surface area contributed by atoms with Crippen molar-refractivity contribution in [2.45, 2.75) is 26.9 Å². The van der Waals surface area contributed by atoms with Crippen LogP contribution in [-0.4, -0.2) is 11.1 Å². The van der Waals surface area contributed by atoms with Crippen LogP contribution in [0.25, 0.3) is 0 Å². The van der Waals surface area contributed by atoms with Gasteiger partial charge in [0.2, 0.25) is 0 Å². The van der Waals surface area contributed by atoms with Crippen molar-refractivity contribution in [2.75, 3.05) is 0 Å². The number of benzene rings is 2. The Kier molecular flexibility index (Phi) is 4.99. The predicted molar refractivity (Wildman–Crippen MR) is 82.5 cm³/mol. The first-order valence-corrected chi connectivity index (χ1v) is 7.05. The Morgan fingerprint density at radius 3 is 2.48 bits per heavy atom. The number of carboxylic acids is 1. The van der Waals surface area contributed by atoms with Crippen molar-refractivity contribution in [3.05, 3.63) is 65.2 Å². The van der Waals surface area contributed by atoms with Gasteiger partial charge in [0.15, 0.2) is 0 Å². The molecule has 0 bridgehead atoms. The number of hydrogen-bond acceptors (Lipinski definition) is 2. The Bertz CT molecular complexity index is 605. The lowest BCUT2D eigenvalue weighted by molar-refractivity contribution is -0.141. The molecular formula is C18H20O3. The molecule has 2 aromatic rings. The maximum absolute atomic E-state index is 10.9. The summed E-state index contributed by atoms with van der Waals surface area (Å²) in [4.78, 5) is 10.9. The van der Waals surface area contributed by atoms with Gasteiger partial charge in [-0.25, -0.2) is 0 Å². The van der Waals surface area contributed by atoms with Crippen LogP contribution in [0.4, 0.5) is 0 Å². The molecule has 2 rings (SSSR count). The van der Waals surface area contributed by atoms with E-state index in [1.807, 2.05) is 55.5 Å². The predicted octanol–water partition coefficient (Wildman–Crippen LogP) is 3.84. The van der Waals surface area contributed by atoms with E-state index in [0.29, 0.717) is 13.0 Å². The first-order valence-electron chi connectivity index (χ1n) is 7.05. The Morgan fingerprint density at radius 1 is 1.14 bits per heavy atom. The Labute approximate surface area is 125 Å². The highest BCUT2D eigenvalue weighted by atomic mass is 16.5. The van der Waals surface area contributed by atoms with Crippen molar-refractivity contribution >= 4 is 5.97 Å². The van der Waals surface area contributed by atoms with Gasteiger partial charge in [-0.3, -0.25) is 4.79 Å². The van der Waals surface area contributed by atoms with Gasteiger partial charge in [0.05, 0.1) is 5.92 Å². The van der Waals surface area contributed by atoms with Gasteiger partial charge in [0, 0.05) is 0 Å². The van der Waals surface area contributed by atoms with E-state index in [9.17, 15) is 4.79 Å². The van der Waals surface area contributed by atoms with Crippen LogP contribution in [0.3, 0.4) is 0 Å². The zero-order valence-corrected chi connectivity index (χ0v) is 12.4. The van der Waals surface area contributed by atoms with E-state index in [1.54, 1.807) is 6.92 Å². The molecule has 0 aliphatic rings. The summed E-state index contributed by atoms with van der Waals surface area (Å²) >= 11 is 0. The fraction of sp³-hybridized carbons (Fsp3) is 0.278. The van der Waals surface area contributed by atoms with E-state index in [0.717, 1.165) is 22.4 Å². The Balaban J connectivity index is 2.00. The van der Waals surface area contributed by atoms with Crippen LogP contribution in [0.15, 0.2) is 48.5 Å². The highest BCUT2D eigenvalue weighted by molar-refractivity contribution is 5.69. The van der Waals surface area contributed by atoms with Crippen LogP contribution >= 0.6 is 0 Å². The van der Waals surface area contributed by atoms with Gasteiger partial charge in [-0.1, -0.05) is 49.4 Å². The quantitative estimate of drug-likeness (QED) is 0.876. The molecule has 0 aliphatic carbocycles. The number of aliphatic carboxylic acids is 1. The standard InChI is InChI=1S/C18H20O3/c1-13-10-16(11-14(2)18(19)20)8-9-17(13)21-12-15-6-4-3-5-7-15/h3-10,14H,11-12H2,1-2H3,(H,19,20). The summed E-state index contributed by atoms with van der Waals surface area (Å²) in [6.07, 6.45) is 0.537. The molecule has 0 saturated heterocycles. The average Bonchev–Trinajstić information content (AvgIpc) is 2.47. The molecule has 1 atom stereocenters. The molecule has 3 heteroatoms. The number of ether oxygens (including phenoxy) is 1. The highest BCUT2D eigenvalue weighted by Crippen LogP contribution is 2.22. The first kappa shape index (κ1) is 15.1. The molecule has 2 aromatic carbocycles. The zero-order chi connectivity index (χ0) is 15.2. The fourth-order valence-corrected chi connectivity index (χ4v) is 2.18. The molecule has 0 aliphatic heterocycles. The molecule has 0 heterocycles. The zero-order valence-electron chi connectivity index (χ0n) is 12.4. The lowest BCUT2D eigenvalue weighted by Crippen LogP contribution is -2.12. The maximum Gasteiger partial charge on any atom is 0.306 e. The Morgan fingerprint density at radius 2 is 1.86 bits per heavy atom. The second-order valence-corrected chi connectivity index (χ2v) is 5.32. The lowest BCUT2D eigenvalue weighted by atomic mass is 9.99. The van der Waals surface area contributed by atoms with Crippen LogP contribution in [-0.2, 0) is 17.8 Å². The second kappa shape index (κ2) is 6.93. The summed E-state index contributed by atoms with van der Waals surface area (Å²) < 4.78 is 5.81. The summed E-state index contributed by atoms with van der Waals surface area (Å²) in [5.74, 6) is -0.303. The van der Waals surface area contributed by atoms with Crippen molar-refractivity contribution in [3.63, 3.8) is 0 Å². The Hall–Kier alpha value is -2.29. The van der Waals surface area contributed by atoms with Gasteiger partial charge in [0.1, 0.15) is 12.4 Å². The van der Waals surface area contributed by atoms with Crippen LogP contribution in [0, 0.1) is 12.8 Å². The molecule has 0 fully saturated rings. The smallest absolute Gasteiger partial charge is 0.306 e. The van der Waals surface area contributed by atoms with E-state index in [1.165, 1.54) is 0 Å². The average molecular weight is 284 g/mol. The van der Waals surface area contributed by atoms with E-state index in [2.05, 4.69) is 0 Å². The van der Waals surface area contributed by atoms with Crippen molar-refractivity contribution in [1.82, 2.24) is 0 Å². The summed E-state index contributed by atoms with van der Waals surface area (Å²) in [6.45, 7) is 4.24. The SMILES string of the molecule is Cc1cc(CC(C)C(=O)O)ccc1OCc1ccccc1. The molecule has 1 unspecified atom stereocenters. The van der Waals surface area contributed by atoms with E-state index < -0.39 is 5.97 Å². The van der Waals surface area contributed by atoms with Crippen LogP contribution in [0.2, 0.25) is 0 Å². The number of hydrogen-bond donors (Lipinski definition) is 1. The molecule has 1 N–H and O–H groups in total. The minimum atomic E-state index is -0.767. The number of aryl methyl sites for hydroxylation is 1. The maximum atomic E-state index is 10.9. The van der Waals surface area contributed by atoms with Gasteiger partial charge in [-0.15, -0.1) is 0 Å². The van der Waals surface area contributed by atoms with E-state index in [4.69, 9.17) is 9.84 Å². The summed E-state index contributed by atoms with van der Waals surface area (Å²) in [7, 11) is 0. The molecular weight excluding hydrogens is 264 g/mol. The van der Waals surface area contributed by atoms with Crippen molar-refractivity contribution < 1.29 is 14.6 Å². The van der Waals surface area contributed by atoms with Crippen molar-refractivity contribution in [3.8, 4) is 5.75 Å². The molecule has 21 heavy (non-hydrogen) atoms. The highest BCUT2D eigenvalue weighted by Gasteiger charge is 2.12. The minimum absolute atomic E-state index is 0.375. The molecule has 110 valence electrons. The van der Waals surface area contributed by atoms with Gasteiger partial charge < -0.3 is 9.84 Å². The van der Waals surface area contributed by atoms with Crippen LogP contribution < -0.4 is 4.74 Å². The summed E-state index contributed by atoms with van der Waals surface area (Å²) in [5, 5.41) is 8.95. The third kappa shape index (κ3) is 4.35. The van der Waals surface area contributed by atoms with Gasteiger partial charge in [-0.05, 0) is 36.1 Å². The summed E-state index contributed by atoms with van der Waals surface area (Å²) in [6, 6.07) is 15.9. The van der Waals surface area contributed by atoms with Crippen LogP contribution in [0.5, 0.6) is 5.75 Å². The number of carboxylic acid groups (broad SMARTS) is 1. The number of rotatable bonds is 6. The molecule has 3 nitrogen and oxygen atoms in total.